The smallest absolute Gasteiger partial charge is 0.253 e. The van der Waals surface area contributed by atoms with Crippen LogP contribution in [0.15, 0.2) is 0 Å². The SMILES string of the molecule is CN(C(=O)C1CNCCO1)C1CNC1.Cl. The van der Waals surface area contributed by atoms with Gasteiger partial charge in [0, 0.05) is 33.2 Å². The van der Waals surface area contributed by atoms with Crippen molar-refractivity contribution in [3.05, 3.63) is 0 Å². The van der Waals surface area contributed by atoms with Crippen molar-refractivity contribution in [1.82, 2.24) is 15.5 Å². The van der Waals surface area contributed by atoms with Gasteiger partial charge < -0.3 is 20.3 Å². The summed E-state index contributed by atoms with van der Waals surface area (Å²) in [6, 6.07) is 0.355. The quantitative estimate of drug-likeness (QED) is 0.633. The van der Waals surface area contributed by atoms with Crippen LogP contribution in [0.1, 0.15) is 0 Å². The molecule has 6 heteroatoms. The number of nitrogens with zero attached hydrogens (tertiary/aromatic N) is 1. The first kappa shape index (κ1) is 12.7. The van der Waals surface area contributed by atoms with Crippen molar-refractivity contribution in [1.29, 1.82) is 0 Å². The molecule has 0 bridgehead atoms. The van der Waals surface area contributed by atoms with E-state index in [0.717, 1.165) is 19.6 Å². The van der Waals surface area contributed by atoms with Crippen LogP contribution in [0.5, 0.6) is 0 Å². The van der Waals surface area contributed by atoms with E-state index < -0.39 is 0 Å². The highest BCUT2D eigenvalue weighted by atomic mass is 35.5. The summed E-state index contributed by atoms with van der Waals surface area (Å²) in [5.41, 5.74) is 0. The zero-order valence-corrected chi connectivity index (χ0v) is 9.68. The maximum Gasteiger partial charge on any atom is 0.253 e. The van der Waals surface area contributed by atoms with E-state index in [1.807, 2.05) is 7.05 Å². The molecule has 0 aliphatic carbocycles. The first-order chi connectivity index (χ1) is 6.79. The maximum absolute atomic E-state index is 11.9. The zero-order valence-electron chi connectivity index (χ0n) is 8.86. The van der Waals surface area contributed by atoms with Gasteiger partial charge in [-0.25, -0.2) is 0 Å². The number of carbonyl (C=O) groups is 1. The maximum atomic E-state index is 11.9. The number of hydrogen-bond acceptors (Lipinski definition) is 4. The van der Waals surface area contributed by atoms with E-state index in [2.05, 4.69) is 10.6 Å². The number of carbonyl (C=O) groups excluding carboxylic acids is 1. The third kappa shape index (κ3) is 2.81. The highest BCUT2D eigenvalue weighted by molar-refractivity contribution is 5.85. The molecule has 0 saturated carbocycles. The number of nitrogens with one attached hydrogen (secondary N) is 2. The Balaban J connectivity index is 0.00000112. The highest BCUT2D eigenvalue weighted by Gasteiger charge is 2.31. The van der Waals surface area contributed by atoms with E-state index in [4.69, 9.17) is 4.74 Å². The first-order valence-electron chi connectivity index (χ1n) is 5.09. The minimum Gasteiger partial charge on any atom is -0.366 e. The molecule has 0 aromatic heterocycles. The van der Waals surface area contributed by atoms with Crippen molar-refractivity contribution in [2.45, 2.75) is 12.1 Å². The van der Waals surface area contributed by atoms with E-state index in [-0.39, 0.29) is 24.4 Å². The molecule has 2 rings (SSSR count). The number of rotatable bonds is 2. The predicted octanol–water partition coefficient (Wildman–Crippen LogP) is -1.17. The van der Waals surface area contributed by atoms with Gasteiger partial charge in [0.25, 0.3) is 5.91 Å². The number of halogens is 1. The highest BCUT2D eigenvalue weighted by Crippen LogP contribution is 2.07. The van der Waals surface area contributed by atoms with Gasteiger partial charge in [-0.05, 0) is 0 Å². The van der Waals surface area contributed by atoms with Crippen LogP contribution in [-0.4, -0.2) is 62.8 Å². The Hall–Kier alpha value is -0.360. The average molecular weight is 236 g/mol. The molecule has 2 heterocycles. The lowest BCUT2D eigenvalue weighted by Crippen LogP contribution is -2.60. The van der Waals surface area contributed by atoms with Gasteiger partial charge in [-0.1, -0.05) is 0 Å². The lowest BCUT2D eigenvalue weighted by molar-refractivity contribution is -0.146. The van der Waals surface area contributed by atoms with Gasteiger partial charge in [0.05, 0.1) is 12.6 Å². The first-order valence-corrected chi connectivity index (χ1v) is 5.09. The van der Waals surface area contributed by atoms with Gasteiger partial charge in [-0.2, -0.15) is 0 Å². The van der Waals surface area contributed by atoms with Crippen molar-refractivity contribution >= 4 is 18.3 Å². The Morgan fingerprint density at radius 2 is 2.07 bits per heavy atom. The fourth-order valence-electron chi connectivity index (χ4n) is 1.68. The molecular weight excluding hydrogens is 218 g/mol. The van der Waals surface area contributed by atoms with Crippen LogP contribution in [-0.2, 0) is 9.53 Å². The van der Waals surface area contributed by atoms with Crippen LogP contribution in [0.25, 0.3) is 0 Å². The summed E-state index contributed by atoms with van der Waals surface area (Å²) in [7, 11) is 1.85. The molecule has 1 atom stereocenters. The van der Waals surface area contributed by atoms with Crippen LogP contribution in [0.2, 0.25) is 0 Å². The number of ether oxygens (including phenoxy) is 1. The molecule has 2 N–H and O–H groups in total. The normalized spacial score (nSPS) is 26.3. The molecule has 2 aliphatic rings. The third-order valence-electron chi connectivity index (χ3n) is 2.86. The fraction of sp³-hybridized carbons (Fsp3) is 0.889. The van der Waals surface area contributed by atoms with Gasteiger partial charge in [0.2, 0.25) is 0 Å². The average Bonchev–Trinajstić information content (AvgIpc) is 2.15. The van der Waals surface area contributed by atoms with Crippen LogP contribution in [0.3, 0.4) is 0 Å². The number of amides is 1. The molecule has 2 fully saturated rings. The minimum atomic E-state index is -0.283. The van der Waals surface area contributed by atoms with Crippen LogP contribution in [0.4, 0.5) is 0 Å². The molecule has 1 amide bonds. The molecular formula is C9H18ClN3O2. The van der Waals surface area contributed by atoms with Crippen molar-refractivity contribution in [3.63, 3.8) is 0 Å². The van der Waals surface area contributed by atoms with E-state index in [1.54, 1.807) is 4.90 Å². The monoisotopic (exact) mass is 235 g/mol. The summed E-state index contributed by atoms with van der Waals surface area (Å²) < 4.78 is 5.41. The van der Waals surface area contributed by atoms with E-state index in [9.17, 15) is 4.79 Å². The number of hydrogen-bond donors (Lipinski definition) is 2. The number of morpholine rings is 1. The Labute approximate surface area is 95.9 Å². The molecule has 1 unspecified atom stereocenters. The van der Waals surface area contributed by atoms with Crippen LogP contribution in [0, 0.1) is 0 Å². The van der Waals surface area contributed by atoms with Crippen molar-refractivity contribution in [3.8, 4) is 0 Å². The Bertz CT molecular complexity index is 213. The predicted molar refractivity (Wildman–Crippen MR) is 59.3 cm³/mol. The third-order valence-corrected chi connectivity index (χ3v) is 2.86. The zero-order chi connectivity index (χ0) is 9.97. The Morgan fingerprint density at radius 1 is 1.33 bits per heavy atom. The van der Waals surface area contributed by atoms with Gasteiger partial charge in [0.15, 0.2) is 0 Å². The van der Waals surface area contributed by atoms with Crippen molar-refractivity contribution in [2.24, 2.45) is 0 Å². The topological polar surface area (TPSA) is 53.6 Å². The Kier molecular flexibility index (Phi) is 4.79. The van der Waals surface area contributed by atoms with E-state index >= 15 is 0 Å². The minimum absolute atomic E-state index is 0. The molecule has 2 saturated heterocycles. The van der Waals surface area contributed by atoms with Gasteiger partial charge in [0.1, 0.15) is 6.10 Å². The molecule has 15 heavy (non-hydrogen) atoms. The van der Waals surface area contributed by atoms with Crippen LogP contribution >= 0.6 is 12.4 Å². The summed E-state index contributed by atoms with van der Waals surface area (Å²) in [5.74, 6) is 0.101. The summed E-state index contributed by atoms with van der Waals surface area (Å²) in [6.45, 7) is 3.93. The standard InChI is InChI=1S/C9H17N3O2.ClH/c1-12(7-4-11-5-7)9(13)8-6-10-2-3-14-8;/h7-8,10-11H,2-6H2,1H3;1H. The van der Waals surface area contributed by atoms with Gasteiger partial charge in [-0.15, -0.1) is 12.4 Å². The molecule has 0 aromatic carbocycles. The van der Waals surface area contributed by atoms with Crippen molar-refractivity contribution in [2.75, 3.05) is 39.8 Å². The summed E-state index contributed by atoms with van der Waals surface area (Å²) >= 11 is 0. The lowest BCUT2D eigenvalue weighted by Gasteiger charge is -2.38. The summed E-state index contributed by atoms with van der Waals surface area (Å²) in [6.07, 6.45) is -0.283. The van der Waals surface area contributed by atoms with Gasteiger partial charge in [-0.3, -0.25) is 4.79 Å². The largest absolute Gasteiger partial charge is 0.366 e. The molecule has 0 radical (unpaired) electrons. The second kappa shape index (κ2) is 5.65. The van der Waals surface area contributed by atoms with Gasteiger partial charge >= 0.3 is 0 Å². The molecule has 88 valence electrons. The van der Waals surface area contributed by atoms with E-state index in [0.29, 0.717) is 19.2 Å². The van der Waals surface area contributed by atoms with Crippen LogP contribution < -0.4 is 10.6 Å². The van der Waals surface area contributed by atoms with E-state index in [1.165, 1.54) is 0 Å². The summed E-state index contributed by atoms with van der Waals surface area (Å²) in [5, 5.41) is 6.31. The second-order valence-corrected chi connectivity index (χ2v) is 3.82. The molecule has 5 nitrogen and oxygen atoms in total. The fourth-order valence-corrected chi connectivity index (χ4v) is 1.68. The second-order valence-electron chi connectivity index (χ2n) is 3.82. The Morgan fingerprint density at radius 3 is 2.53 bits per heavy atom. The summed E-state index contributed by atoms with van der Waals surface area (Å²) in [4.78, 5) is 13.7. The molecule has 2 aliphatic heterocycles. The molecule has 0 aromatic rings. The van der Waals surface area contributed by atoms with Crippen molar-refractivity contribution < 1.29 is 9.53 Å². The molecule has 0 spiro atoms. The lowest BCUT2D eigenvalue weighted by atomic mass is 10.1. The number of likely N-dealkylation sites (N-methyl/N-ethyl adjacent to an activating group) is 1.